The number of anilines is 1. The number of rotatable bonds is 7. The van der Waals surface area contributed by atoms with Crippen LogP contribution in [0.4, 0.5) is 5.69 Å². The number of nitrogens with one attached hydrogen (secondary N) is 2. The topological polar surface area (TPSA) is 74.8 Å². The van der Waals surface area contributed by atoms with Crippen molar-refractivity contribution in [2.75, 3.05) is 11.1 Å². The predicted octanol–water partition coefficient (Wildman–Crippen LogP) is 2.27. The van der Waals surface area contributed by atoms with E-state index in [0.29, 0.717) is 17.9 Å². The average molecular weight is 288 g/mol. The minimum Gasteiger partial charge on any atom is -0.315 e. The molecule has 18 heavy (non-hydrogen) atoms. The highest BCUT2D eigenvalue weighted by atomic mass is 35.5. The van der Waals surface area contributed by atoms with E-state index in [9.17, 15) is 9.59 Å². The van der Waals surface area contributed by atoms with Gasteiger partial charge in [0.05, 0.1) is 17.1 Å². The molecular weight excluding hydrogens is 274 g/mol. The molecule has 0 aliphatic carbocycles. The van der Waals surface area contributed by atoms with Crippen LogP contribution in [-0.4, -0.2) is 32.9 Å². The van der Waals surface area contributed by atoms with E-state index in [0.717, 1.165) is 0 Å². The Bertz CT molecular complexity index is 447. The summed E-state index contributed by atoms with van der Waals surface area (Å²) in [5.41, 5.74) is 0.304. The second-order valence-electron chi connectivity index (χ2n) is 3.43. The van der Waals surface area contributed by atoms with Crippen molar-refractivity contribution in [1.29, 1.82) is 0 Å². The lowest BCUT2D eigenvalue weighted by atomic mass is 10.2. The van der Waals surface area contributed by atoms with Crippen molar-refractivity contribution in [3.8, 4) is 0 Å². The molecule has 0 radical (unpaired) electrons. The number of carbonyl (C=O) groups is 2. The standard InChI is InChI=1S/C11H14ClN3O2S/c1-3-5-18-8(4-2)9(16)11(17)14-7-6-13-15-10(7)12/h3,6,8H,1,4-5H2,2H3,(H,13,15)(H,14,17). The zero-order valence-corrected chi connectivity index (χ0v) is 11.5. The number of hydrogen-bond donors (Lipinski definition) is 2. The molecule has 0 aliphatic heterocycles. The summed E-state index contributed by atoms with van der Waals surface area (Å²) in [6.45, 7) is 5.44. The van der Waals surface area contributed by atoms with Crippen LogP contribution in [0.2, 0.25) is 5.15 Å². The van der Waals surface area contributed by atoms with Crippen LogP contribution in [0.15, 0.2) is 18.9 Å². The fraction of sp³-hybridized carbons (Fsp3) is 0.364. The molecule has 1 aromatic heterocycles. The highest BCUT2D eigenvalue weighted by Gasteiger charge is 2.24. The lowest BCUT2D eigenvalue weighted by Crippen LogP contribution is -2.31. The van der Waals surface area contributed by atoms with Gasteiger partial charge >= 0.3 is 0 Å². The number of hydrogen-bond acceptors (Lipinski definition) is 4. The smallest absolute Gasteiger partial charge is 0.293 e. The Labute approximate surface area is 114 Å². The first-order chi connectivity index (χ1) is 8.60. The number of carbonyl (C=O) groups excluding carboxylic acids is 2. The third-order valence-corrected chi connectivity index (χ3v) is 3.81. The molecule has 1 atom stereocenters. The van der Waals surface area contributed by atoms with Gasteiger partial charge in [-0.15, -0.1) is 18.3 Å². The zero-order chi connectivity index (χ0) is 13.5. The normalized spacial score (nSPS) is 11.9. The van der Waals surface area contributed by atoms with Crippen molar-refractivity contribution in [1.82, 2.24) is 10.2 Å². The third-order valence-electron chi connectivity index (χ3n) is 2.14. The van der Waals surface area contributed by atoms with E-state index >= 15 is 0 Å². The molecule has 1 heterocycles. The van der Waals surface area contributed by atoms with Gasteiger partial charge in [0.2, 0.25) is 5.78 Å². The second-order valence-corrected chi connectivity index (χ2v) is 5.05. The van der Waals surface area contributed by atoms with E-state index in [-0.39, 0.29) is 10.4 Å². The van der Waals surface area contributed by atoms with Crippen molar-refractivity contribution in [3.05, 3.63) is 24.0 Å². The quantitative estimate of drug-likeness (QED) is 0.596. The molecule has 1 unspecified atom stereocenters. The van der Waals surface area contributed by atoms with Crippen LogP contribution in [-0.2, 0) is 9.59 Å². The number of nitrogens with zero attached hydrogens (tertiary/aromatic N) is 1. The number of H-pyrrole nitrogens is 1. The number of halogens is 1. The summed E-state index contributed by atoms with van der Waals surface area (Å²) >= 11 is 7.11. The van der Waals surface area contributed by atoms with E-state index < -0.39 is 11.7 Å². The Kier molecular flexibility index (Phi) is 5.94. The van der Waals surface area contributed by atoms with Crippen molar-refractivity contribution in [2.24, 2.45) is 0 Å². The number of aromatic nitrogens is 2. The van der Waals surface area contributed by atoms with Gasteiger partial charge in [-0.1, -0.05) is 24.6 Å². The van der Waals surface area contributed by atoms with E-state index in [2.05, 4.69) is 22.1 Å². The maximum absolute atomic E-state index is 11.9. The summed E-state index contributed by atoms with van der Waals surface area (Å²) in [5, 5.41) is 8.37. The van der Waals surface area contributed by atoms with E-state index in [4.69, 9.17) is 11.6 Å². The van der Waals surface area contributed by atoms with Gasteiger partial charge in [0.25, 0.3) is 5.91 Å². The summed E-state index contributed by atoms with van der Waals surface area (Å²) in [6.07, 6.45) is 3.64. The molecule has 98 valence electrons. The third kappa shape index (κ3) is 3.89. The highest BCUT2D eigenvalue weighted by molar-refractivity contribution is 8.00. The Hall–Kier alpha value is -1.27. The van der Waals surface area contributed by atoms with Crippen LogP contribution in [0, 0.1) is 0 Å². The Morgan fingerprint density at radius 1 is 1.72 bits per heavy atom. The zero-order valence-electron chi connectivity index (χ0n) is 9.90. The van der Waals surface area contributed by atoms with Crippen LogP contribution < -0.4 is 5.32 Å². The van der Waals surface area contributed by atoms with Crippen molar-refractivity contribution < 1.29 is 9.59 Å². The molecule has 0 aliphatic rings. The molecule has 7 heteroatoms. The van der Waals surface area contributed by atoms with Gasteiger partial charge in [-0.2, -0.15) is 5.10 Å². The fourth-order valence-electron chi connectivity index (χ4n) is 1.25. The molecule has 5 nitrogen and oxygen atoms in total. The van der Waals surface area contributed by atoms with Gasteiger partial charge < -0.3 is 5.32 Å². The van der Waals surface area contributed by atoms with Crippen molar-refractivity contribution >= 4 is 40.7 Å². The average Bonchev–Trinajstić information content (AvgIpc) is 2.75. The number of thioether (sulfide) groups is 1. The molecule has 0 saturated heterocycles. The van der Waals surface area contributed by atoms with E-state index in [1.807, 2.05) is 6.92 Å². The SMILES string of the molecule is C=CCSC(CC)C(=O)C(=O)Nc1cn[nH]c1Cl. The fourth-order valence-corrected chi connectivity index (χ4v) is 2.26. The highest BCUT2D eigenvalue weighted by Crippen LogP contribution is 2.19. The first-order valence-electron chi connectivity index (χ1n) is 5.36. The molecule has 0 bridgehead atoms. The maximum atomic E-state index is 11.9. The van der Waals surface area contributed by atoms with Gasteiger partial charge in [0, 0.05) is 5.75 Å². The van der Waals surface area contributed by atoms with Gasteiger partial charge in [-0.25, -0.2) is 0 Å². The van der Waals surface area contributed by atoms with Gasteiger partial charge in [-0.05, 0) is 6.42 Å². The second kappa shape index (κ2) is 7.23. The van der Waals surface area contributed by atoms with Gasteiger partial charge in [0.1, 0.15) is 5.15 Å². The summed E-state index contributed by atoms with van der Waals surface area (Å²) in [5.74, 6) is -0.521. The molecule has 2 N–H and O–H groups in total. The lowest BCUT2D eigenvalue weighted by molar-refractivity contribution is -0.134. The van der Waals surface area contributed by atoms with Gasteiger partial charge in [-0.3, -0.25) is 14.7 Å². The summed E-state index contributed by atoms with van der Waals surface area (Å²) in [6, 6.07) is 0. The number of ketones is 1. The minimum absolute atomic E-state index is 0.197. The molecule has 0 saturated carbocycles. The first kappa shape index (κ1) is 14.8. The monoisotopic (exact) mass is 287 g/mol. The maximum Gasteiger partial charge on any atom is 0.293 e. The molecule has 1 amide bonds. The molecule has 1 rings (SSSR count). The lowest BCUT2D eigenvalue weighted by Gasteiger charge is -2.11. The molecule has 1 aromatic rings. The molecule has 0 fully saturated rings. The molecule has 0 spiro atoms. The van der Waals surface area contributed by atoms with Crippen LogP contribution >= 0.6 is 23.4 Å². The van der Waals surface area contributed by atoms with E-state index in [1.54, 1.807) is 6.08 Å². The van der Waals surface area contributed by atoms with Crippen LogP contribution in [0.1, 0.15) is 13.3 Å². The molecule has 0 aromatic carbocycles. The Balaban J connectivity index is 2.62. The summed E-state index contributed by atoms with van der Waals surface area (Å²) in [7, 11) is 0. The van der Waals surface area contributed by atoms with Gasteiger partial charge in [0.15, 0.2) is 0 Å². The largest absolute Gasteiger partial charge is 0.315 e. The van der Waals surface area contributed by atoms with Crippen molar-refractivity contribution in [3.63, 3.8) is 0 Å². The Morgan fingerprint density at radius 3 is 2.94 bits per heavy atom. The summed E-state index contributed by atoms with van der Waals surface area (Å²) < 4.78 is 0. The van der Waals surface area contributed by atoms with E-state index in [1.165, 1.54) is 18.0 Å². The first-order valence-corrected chi connectivity index (χ1v) is 6.79. The van der Waals surface area contributed by atoms with Crippen molar-refractivity contribution in [2.45, 2.75) is 18.6 Å². The van der Waals surface area contributed by atoms with Crippen LogP contribution in [0.5, 0.6) is 0 Å². The number of aromatic amines is 1. The van der Waals surface area contributed by atoms with Crippen LogP contribution in [0.25, 0.3) is 0 Å². The van der Waals surface area contributed by atoms with Crippen LogP contribution in [0.3, 0.4) is 0 Å². The predicted molar refractivity (Wildman–Crippen MR) is 74.0 cm³/mol. The summed E-state index contributed by atoms with van der Waals surface area (Å²) in [4.78, 5) is 23.6. The molecular formula is C11H14ClN3O2S. The minimum atomic E-state index is -0.679. The number of amides is 1. The number of Topliss-reactive ketones (excluding diaryl/α,β-unsaturated/α-hetero) is 1. The Morgan fingerprint density at radius 2 is 2.44 bits per heavy atom.